The van der Waals surface area contributed by atoms with Crippen LogP contribution in [0.25, 0.3) is 0 Å². The van der Waals surface area contributed by atoms with Crippen molar-refractivity contribution < 1.29 is 13.6 Å². The minimum absolute atomic E-state index is 0. The van der Waals surface area contributed by atoms with E-state index in [1.54, 1.807) is 4.90 Å². The summed E-state index contributed by atoms with van der Waals surface area (Å²) in [6.07, 6.45) is 0.821. The highest BCUT2D eigenvalue weighted by Crippen LogP contribution is 2.21. The standard InChI is InChI=1S/C12H14F2N2OS.ClH/c13-10-2-1-9(5-11(10)14)18-7-12(17)16-4-3-8(15)6-16;/h1-2,5,8H,3-4,6-7,15H2;1H/t8-;/m1./s1. The zero-order chi connectivity index (χ0) is 13.1. The Morgan fingerprint density at radius 3 is 2.74 bits per heavy atom. The van der Waals surface area contributed by atoms with Gasteiger partial charge in [0.25, 0.3) is 0 Å². The highest BCUT2D eigenvalue weighted by molar-refractivity contribution is 8.00. The Labute approximate surface area is 120 Å². The van der Waals surface area contributed by atoms with Crippen molar-refractivity contribution in [1.82, 2.24) is 4.90 Å². The van der Waals surface area contributed by atoms with Gasteiger partial charge in [-0.25, -0.2) is 8.78 Å². The lowest BCUT2D eigenvalue weighted by Gasteiger charge is -2.15. The zero-order valence-corrected chi connectivity index (χ0v) is 11.8. The molecule has 1 atom stereocenters. The number of thioether (sulfide) groups is 1. The molecule has 1 saturated heterocycles. The fourth-order valence-electron chi connectivity index (χ4n) is 1.82. The minimum Gasteiger partial charge on any atom is -0.340 e. The largest absolute Gasteiger partial charge is 0.340 e. The number of likely N-dealkylation sites (tertiary alicyclic amines) is 1. The van der Waals surface area contributed by atoms with Crippen LogP contribution in [-0.4, -0.2) is 35.7 Å². The Balaban J connectivity index is 0.00000180. The Kier molecular flexibility index (Phi) is 6.03. The molecule has 3 nitrogen and oxygen atoms in total. The van der Waals surface area contributed by atoms with Crippen molar-refractivity contribution in [1.29, 1.82) is 0 Å². The van der Waals surface area contributed by atoms with E-state index < -0.39 is 11.6 Å². The smallest absolute Gasteiger partial charge is 0.232 e. The predicted octanol–water partition coefficient (Wildman–Crippen LogP) is 2.04. The van der Waals surface area contributed by atoms with Gasteiger partial charge in [-0.1, -0.05) is 0 Å². The van der Waals surface area contributed by atoms with Gasteiger partial charge in [-0.05, 0) is 24.6 Å². The normalized spacial score (nSPS) is 18.3. The molecule has 0 spiro atoms. The molecule has 1 amide bonds. The third-order valence-corrected chi connectivity index (χ3v) is 3.81. The summed E-state index contributed by atoms with van der Waals surface area (Å²) in [6, 6.07) is 3.69. The summed E-state index contributed by atoms with van der Waals surface area (Å²) in [7, 11) is 0. The van der Waals surface area contributed by atoms with Gasteiger partial charge in [0, 0.05) is 24.0 Å². The first-order chi connectivity index (χ1) is 8.56. The molecular formula is C12H15ClF2N2OS. The van der Waals surface area contributed by atoms with E-state index in [-0.39, 0.29) is 30.1 Å². The summed E-state index contributed by atoms with van der Waals surface area (Å²) in [6.45, 7) is 1.26. The van der Waals surface area contributed by atoms with Gasteiger partial charge in [0.1, 0.15) is 0 Å². The Hall–Kier alpha value is -0.850. The van der Waals surface area contributed by atoms with Gasteiger partial charge >= 0.3 is 0 Å². The monoisotopic (exact) mass is 308 g/mol. The van der Waals surface area contributed by atoms with E-state index in [1.165, 1.54) is 17.8 Å². The van der Waals surface area contributed by atoms with Crippen LogP contribution in [0.3, 0.4) is 0 Å². The van der Waals surface area contributed by atoms with E-state index >= 15 is 0 Å². The SMILES string of the molecule is Cl.N[C@@H]1CCN(C(=O)CSc2ccc(F)c(F)c2)C1. The van der Waals surface area contributed by atoms with Crippen LogP contribution in [0.15, 0.2) is 23.1 Å². The number of rotatable bonds is 3. The molecule has 1 aliphatic rings. The Morgan fingerprint density at radius 1 is 1.42 bits per heavy atom. The molecule has 106 valence electrons. The molecule has 1 fully saturated rings. The molecule has 0 aliphatic carbocycles. The van der Waals surface area contributed by atoms with Crippen molar-refractivity contribution in [2.75, 3.05) is 18.8 Å². The second kappa shape index (κ2) is 7.07. The summed E-state index contributed by atoms with van der Waals surface area (Å²) in [4.78, 5) is 14.1. The molecule has 19 heavy (non-hydrogen) atoms. The number of nitrogens with two attached hydrogens (primary N) is 1. The molecule has 1 aliphatic heterocycles. The van der Waals surface area contributed by atoms with Crippen LogP contribution in [0.1, 0.15) is 6.42 Å². The summed E-state index contributed by atoms with van der Waals surface area (Å²) < 4.78 is 25.7. The minimum atomic E-state index is -0.893. The molecule has 0 aromatic heterocycles. The van der Waals surface area contributed by atoms with E-state index in [0.717, 1.165) is 18.6 Å². The van der Waals surface area contributed by atoms with Gasteiger partial charge in [-0.15, -0.1) is 24.2 Å². The molecular weight excluding hydrogens is 294 g/mol. The topological polar surface area (TPSA) is 46.3 Å². The van der Waals surface area contributed by atoms with Crippen LogP contribution >= 0.6 is 24.2 Å². The highest BCUT2D eigenvalue weighted by Gasteiger charge is 2.23. The molecule has 1 heterocycles. The number of halogens is 3. The maximum atomic E-state index is 13.0. The average molecular weight is 309 g/mol. The van der Waals surface area contributed by atoms with Gasteiger partial charge in [0.2, 0.25) is 5.91 Å². The lowest BCUT2D eigenvalue weighted by atomic mass is 10.3. The maximum Gasteiger partial charge on any atom is 0.232 e. The zero-order valence-electron chi connectivity index (χ0n) is 10.1. The number of amides is 1. The predicted molar refractivity (Wildman–Crippen MR) is 73.5 cm³/mol. The van der Waals surface area contributed by atoms with E-state index in [1.807, 2.05) is 0 Å². The van der Waals surface area contributed by atoms with Crippen molar-refractivity contribution in [3.05, 3.63) is 29.8 Å². The summed E-state index contributed by atoms with van der Waals surface area (Å²) >= 11 is 1.20. The van der Waals surface area contributed by atoms with Crippen LogP contribution in [0.5, 0.6) is 0 Å². The van der Waals surface area contributed by atoms with Gasteiger partial charge in [-0.3, -0.25) is 4.79 Å². The molecule has 0 bridgehead atoms. The van der Waals surface area contributed by atoms with E-state index in [9.17, 15) is 13.6 Å². The van der Waals surface area contributed by atoms with Gasteiger partial charge in [-0.2, -0.15) is 0 Å². The van der Waals surface area contributed by atoms with Crippen molar-refractivity contribution in [2.45, 2.75) is 17.4 Å². The van der Waals surface area contributed by atoms with E-state index in [2.05, 4.69) is 0 Å². The van der Waals surface area contributed by atoms with Gasteiger partial charge in [0.15, 0.2) is 11.6 Å². The van der Waals surface area contributed by atoms with E-state index in [0.29, 0.717) is 18.0 Å². The van der Waals surface area contributed by atoms with Crippen molar-refractivity contribution in [3.63, 3.8) is 0 Å². The van der Waals surface area contributed by atoms with Gasteiger partial charge < -0.3 is 10.6 Å². The number of carbonyl (C=O) groups is 1. The molecule has 2 rings (SSSR count). The summed E-state index contributed by atoms with van der Waals surface area (Å²) in [5.74, 6) is -1.57. The first-order valence-corrected chi connectivity index (χ1v) is 6.66. The first kappa shape index (κ1) is 16.2. The number of hydrogen-bond acceptors (Lipinski definition) is 3. The molecule has 0 saturated carbocycles. The molecule has 2 N–H and O–H groups in total. The highest BCUT2D eigenvalue weighted by atomic mass is 35.5. The molecule has 7 heteroatoms. The fraction of sp³-hybridized carbons (Fsp3) is 0.417. The summed E-state index contributed by atoms with van der Waals surface area (Å²) in [5, 5.41) is 0. The van der Waals surface area contributed by atoms with Crippen molar-refractivity contribution in [2.24, 2.45) is 5.73 Å². The lowest BCUT2D eigenvalue weighted by molar-refractivity contribution is -0.127. The van der Waals surface area contributed by atoms with Crippen LogP contribution < -0.4 is 5.73 Å². The second-order valence-electron chi connectivity index (χ2n) is 4.25. The number of carbonyl (C=O) groups excluding carboxylic acids is 1. The molecule has 0 radical (unpaired) electrons. The third kappa shape index (κ3) is 4.33. The molecule has 0 unspecified atom stereocenters. The first-order valence-electron chi connectivity index (χ1n) is 5.67. The maximum absolute atomic E-state index is 13.0. The van der Waals surface area contributed by atoms with Crippen molar-refractivity contribution >= 4 is 30.1 Å². The number of nitrogens with zero attached hydrogens (tertiary/aromatic N) is 1. The van der Waals surface area contributed by atoms with Crippen molar-refractivity contribution in [3.8, 4) is 0 Å². The number of hydrogen-bond donors (Lipinski definition) is 1. The average Bonchev–Trinajstić information content (AvgIpc) is 2.77. The second-order valence-corrected chi connectivity index (χ2v) is 5.30. The Morgan fingerprint density at radius 2 is 2.16 bits per heavy atom. The van der Waals surface area contributed by atoms with Crippen LogP contribution in [0.4, 0.5) is 8.78 Å². The van der Waals surface area contributed by atoms with Crippen LogP contribution in [0.2, 0.25) is 0 Å². The van der Waals surface area contributed by atoms with Gasteiger partial charge in [0.05, 0.1) is 5.75 Å². The Bertz CT molecular complexity index is 461. The van der Waals surface area contributed by atoms with Crippen LogP contribution in [0, 0.1) is 11.6 Å². The van der Waals surface area contributed by atoms with Crippen LogP contribution in [-0.2, 0) is 4.79 Å². The third-order valence-electron chi connectivity index (χ3n) is 2.83. The van der Waals surface area contributed by atoms with E-state index in [4.69, 9.17) is 5.73 Å². The molecule has 1 aromatic carbocycles. The number of benzene rings is 1. The summed E-state index contributed by atoms with van der Waals surface area (Å²) in [5.41, 5.74) is 5.71. The fourth-order valence-corrected chi connectivity index (χ4v) is 2.64. The molecule has 1 aromatic rings. The quantitative estimate of drug-likeness (QED) is 0.869. The lowest BCUT2D eigenvalue weighted by Crippen LogP contribution is -2.33.